The third kappa shape index (κ3) is 9.03. The van der Waals surface area contributed by atoms with E-state index in [1.54, 1.807) is 0 Å². The van der Waals surface area contributed by atoms with Crippen molar-refractivity contribution < 1.29 is 0 Å². The summed E-state index contributed by atoms with van der Waals surface area (Å²) in [5, 5.41) is 14.7. The summed E-state index contributed by atoms with van der Waals surface area (Å²) in [6.07, 6.45) is 0. The quantitative estimate of drug-likeness (QED) is 0.142. The van der Waals surface area contributed by atoms with Crippen molar-refractivity contribution in [2.24, 2.45) is 0 Å². The molecule has 3 aromatic heterocycles. The van der Waals surface area contributed by atoms with Crippen molar-refractivity contribution in [1.82, 2.24) is 14.1 Å². The van der Waals surface area contributed by atoms with E-state index in [-0.39, 0.29) is 17.5 Å². The third-order valence-electron chi connectivity index (χ3n) is 19.4. The Morgan fingerprint density at radius 1 is 0.344 bits per heavy atom. The van der Waals surface area contributed by atoms with Crippen LogP contribution in [0.1, 0.15) is 58.2 Å². The summed E-state index contributed by atoms with van der Waals surface area (Å²) >= 11 is 0. The van der Waals surface area contributed by atoms with Crippen LogP contribution >= 0.6 is 0 Å². The van der Waals surface area contributed by atoms with Gasteiger partial charge in [0.2, 0.25) is 0 Å². The third-order valence-corrected chi connectivity index (χ3v) is 19.4. The molecule has 0 N–H and O–H groups in total. The van der Waals surface area contributed by atoms with Crippen LogP contribution in [-0.4, -0.2) is 20.8 Å². The number of anilines is 6. The van der Waals surface area contributed by atoms with E-state index in [9.17, 15) is 5.26 Å². The lowest BCUT2D eigenvalue weighted by molar-refractivity contribution is 0.590. The molecule has 2 aliphatic heterocycles. The number of nitriles is 1. The molecule has 0 unspecified atom stereocenters. The standard InChI is InChI=1S/C86H65BN6/c1-85(2,3)61-40-45-76(67(50-61)58-27-14-9-15-28-58)92-79-43-38-59(56-23-10-7-11-24-56)48-70(79)87-71-49-60(72-32-22-36-83(89-72)93-77-42-37-55(54-88)47-68(77)69-51-62(86(4,5)6)41-46-78(69)93)39-44-80(71)91(73-33-19-16-29-64(73)57-25-12-8-13-26-57)81-52-63(53-82(92)84(81)87)90-74-34-20-17-30-65(74)66-31-18-21-35-75(66)90/h7-53H,1-6H3. The molecule has 0 saturated heterocycles. The highest BCUT2D eigenvalue weighted by Gasteiger charge is 2.45. The van der Waals surface area contributed by atoms with Crippen molar-refractivity contribution in [1.29, 1.82) is 5.26 Å². The molecule has 12 aromatic carbocycles. The highest BCUT2D eigenvalue weighted by atomic mass is 15.2. The lowest BCUT2D eigenvalue weighted by Gasteiger charge is -2.45. The molecule has 0 radical (unpaired) electrons. The predicted octanol–water partition coefficient (Wildman–Crippen LogP) is 20.5. The number of fused-ring (bicyclic) bond motifs is 10. The Morgan fingerprint density at radius 2 is 0.839 bits per heavy atom. The summed E-state index contributed by atoms with van der Waals surface area (Å²) < 4.78 is 4.76. The Balaban J connectivity index is 0.981. The van der Waals surface area contributed by atoms with Crippen LogP contribution in [0.3, 0.4) is 0 Å². The van der Waals surface area contributed by atoms with Gasteiger partial charge in [-0.2, -0.15) is 5.26 Å². The van der Waals surface area contributed by atoms with Crippen LogP contribution < -0.4 is 26.2 Å². The van der Waals surface area contributed by atoms with Gasteiger partial charge in [0, 0.05) is 55.4 Å². The van der Waals surface area contributed by atoms with Crippen LogP contribution in [0.2, 0.25) is 0 Å². The van der Waals surface area contributed by atoms with Crippen LogP contribution in [0.4, 0.5) is 34.1 Å². The van der Waals surface area contributed by atoms with E-state index in [0.29, 0.717) is 5.56 Å². The fraction of sp³-hybridized carbons (Fsp3) is 0.0930. The summed E-state index contributed by atoms with van der Waals surface area (Å²) in [6, 6.07) is 107. The number of nitrogens with zero attached hydrogens (tertiary/aromatic N) is 6. The summed E-state index contributed by atoms with van der Waals surface area (Å²) in [5.41, 5.74) is 27.3. The molecular weight excluding hydrogens is 1130 g/mol. The van der Waals surface area contributed by atoms with Gasteiger partial charge in [0.15, 0.2) is 0 Å². The van der Waals surface area contributed by atoms with Gasteiger partial charge in [0.1, 0.15) is 5.82 Å². The molecule has 2 aliphatic rings. The average Bonchev–Trinajstić information content (AvgIpc) is 0.913. The van der Waals surface area contributed by atoms with Gasteiger partial charge in [0.25, 0.3) is 6.71 Å². The molecule has 93 heavy (non-hydrogen) atoms. The van der Waals surface area contributed by atoms with Gasteiger partial charge in [-0.05, 0) is 163 Å². The highest BCUT2D eigenvalue weighted by Crippen LogP contribution is 2.51. The first-order valence-corrected chi connectivity index (χ1v) is 32.3. The second-order valence-corrected chi connectivity index (χ2v) is 27.1. The number of benzene rings is 12. The first-order chi connectivity index (χ1) is 45.4. The largest absolute Gasteiger partial charge is 0.311 e. The van der Waals surface area contributed by atoms with Crippen molar-refractivity contribution in [3.05, 3.63) is 302 Å². The molecule has 0 spiro atoms. The van der Waals surface area contributed by atoms with Crippen LogP contribution in [0.5, 0.6) is 0 Å². The molecule has 0 bridgehead atoms. The zero-order valence-corrected chi connectivity index (χ0v) is 52.9. The minimum Gasteiger partial charge on any atom is -0.311 e. The average molecular weight is 1190 g/mol. The first-order valence-electron chi connectivity index (χ1n) is 32.3. The predicted molar refractivity (Wildman–Crippen MR) is 391 cm³/mol. The van der Waals surface area contributed by atoms with Crippen LogP contribution in [0.15, 0.2) is 285 Å². The normalized spacial score (nSPS) is 12.8. The number of rotatable bonds is 8. The van der Waals surface area contributed by atoms with E-state index < -0.39 is 0 Å². The van der Waals surface area contributed by atoms with Crippen molar-refractivity contribution in [2.75, 3.05) is 9.80 Å². The second kappa shape index (κ2) is 21.3. The van der Waals surface area contributed by atoms with Crippen LogP contribution in [0.25, 0.3) is 99.8 Å². The molecule has 0 fully saturated rings. The van der Waals surface area contributed by atoms with Crippen molar-refractivity contribution in [2.45, 2.75) is 52.4 Å². The zero-order valence-electron chi connectivity index (χ0n) is 52.9. The van der Waals surface area contributed by atoms with Crippen LogP contribution in [-0.2, 0) is 10.8 Å². The molecule has 6 nitrogen and oxygen atoms in total. The van der Waals surface area contributed by atoms with Crippen LogP contribution in [0, 0.1) is 11.3 Å². The second-order valence-electron chi connectivity index (χ2n) is 27.1. The number of pyridine rings is 1. The van der Waals surface area contributed by atoms with E-state index in [1.807, 2.05) is 12.1 Å². The number of hydrogen-bond acceptors (Lipinski definition) is 4. The molecule has 7 heteroatoms. The highest BCUT2D eigenvalue weighted by molar-refractivity contribution is 7.00. The minimum atomic E-state index is -0.256. The number of aromatic nitrogens is 3. The van der Waals surface area contributed by atoms with Gasteiger partial charge in [-0.1, -0.05) is 230 Å². The van der Waals surface area contributed by atoms with E-state index >= 15 is 0 Å². The van der Waals surface area contributed by atoms with E-state index in [1.165, 1.54) is 38.3 Å². The summed E-state index contributed by atoms with van der Waals surface area (Å²) in [4.78, 5) is 10.9. The fourth-order valence-electron chi connectivity index (χ4n) is 14.9. The molecule has 15 aromatic rings. The molecule has 0 atom stereocenters. The topological polar surface area (TPSA) is 53.0 Å². The van der Waals surface area contributed by atoms with E-state index in [4.69, 9.17) is 4.98 Å². The molecule has 5 heterocycles. The summed E-state index contributed by atoms with van der Waals surface area (Å²) in [7, 11) is 0. The zero-order chi connectivity index (χ0) is 62.9. The van der Waals surface area contributed by atoms with Gasteiger partial charge < -0.3 is 14.4 Å². The maximum atomic E-state index is 10.2. The van der Waals surface area contributed by atoms with Gasteiger partial charge in [-0.3, -0.25) is 4.57 Å². The molecule has 0 amide bonds. The Bertz CT molecular complexity index is 5510. The Morgan fingerprint density at radius 3 is 1.47 bits per heavy atom. The summed E-state index contributed by atoms with van der Waals surface area (Å²) in [6.45, 7) is 13.4. The smallest absolute Gasteiger partial charge is 0.252 e. The van der Waals surface area contributed by atoms with Crippen molar-refractivity contribution in [3.8, 4) is 62.2 Å². The molecular formula is C86H65BN6. The monoisotopic (exact) mass is 1190 g/mol. The molecule has 442 valence electrons. The van der Waals surface area contributed by atoms with E-state index in [2.05, 4.69) is 340 Å². The first kappa shape index (κ1) is 55.6. The van der Waals surface area contributed by atoms with Crippen molar-refractivity contribution in [3.63, 3.8) is 0 Å². The lowest BCUT2D eigenvalue weighted by Crippen LogP contribution is -2.61. The number of para-hydroxylation sites is 3. The van der Waals surface area contributed by atoms with E-state index in [0.717, 1.165) is 123 Å². The maximum Gasteiger partial charge on any atom is 0.252 e. The van der Waals surface area contributed by atoms with Gasteiger partial charge in [0.05, 0.1) is 56.5 Å². The molecule has 0 saturated carbocycles. The SMILES string of the molecule is CC(C)(C)c1ccc(N2c3ccc(-c4ccccc4)cc3B3c4cc(-c5cccc(-n6c7ccc(C#N)cc7c7cc(C(C)(C)C)ccc76)n5)ccc4N(c4ccccc4-c4ccccc4)c4cc(-n5c6ccccc6c6ccccc65)cc2c43)c(-c2ccccc2)c1. The Hall–Kier alpha value is -11.5. The minimum absolute atomic E-state index is 0.0712. The summed E-state index contributed by atoms with van der Waals surface area (Å²) in [5.74, 6) is 0.805. The lowest BCUT2D eigenvalue weighted by atomic mass is 9.33. The van der Waals surface area contributed by atoms with Gasteiger partial charge in [-0.15, -0.1) is 0 Å². The maximum absolute atomic E-state index is 10.2. The fourth-order valence-corrected chi connectivity index (χ4v) is 14.9. The van der Waals surface area contributed by atoms with Gasteiger partial charge in [-0.25, -0.2) is 4.98 Å². The Kier molecular flexibility index (Phi) is 12.8. The molecule has 17 rings (SSSR count). The molecule has 0 aliphatic carbocycles. The number of hydrogen-bond donors (Lipinski definition) is 0. The van der Waals surface area contributed by atoms with Crippen molar-refractivity contribution >= 4 is 101 Å². The Labute approximate surface area is 543 Å². The van der Waals surface area contributed by atoms with Gasteiger partial charge >= 0.3 is 0 Å².